The van der Waals surface area contributed by atoms with Gasteiger partial charge in [-0.2, -0.15) is 0 Å². The Morgan fingerprint density at radius 1 is 1.43 bits per heavy atom. The van der Waals surface area contributed by atoms with E-state index >= 15 is 0 Å². The normalized spacial score (nSPS) is 10.8. The highest BCUT2D eigenvalue weighted by atomic mass is 35.5. The second-order valence-corrected chi connectivity index (χ2v) is 3.42. The molecule has 0 aromatic rings. The number of nitrogens with zero attached hydrogens (tertiary/aromatic N) is 1. The number of alkyl halides is 1. The molecule has 0 atom stereocenters. The van der Waals surface area contributed by atoms with Gasteiger partial charge in [-0.25, -0.2) is 0 Å². The number of rotatable bonds is 7. The molecule has 0 radical (unpaired) electrons. The second kappa shape index (κ2) is 9.03. The topological polar surface area (TPSA) is 29.5 Å². The summed E-state index contributed by atoms with van der Waals surface area (Å²) in [5.74, 6) is 0.557. The number of allylic oxidation sites excluding steroid dienone is 2. The smallest absolute Gasteiger partial charge is 0.248 e. The Bertz CT molecular complexity index is 181. The lowest BCUT2D eigenvalue weighted by Gasteiger charge is -2.09. The van der Waals surface area contributed by atoms with Crippen molar-refractivity contribution in [2.24, 2.45) is 0 Å². The van der Waals surface area contributed by atoms with E-state index in [0.717, 1.165) is 12.8 Å². The maximum Gasteiger partial charge on any atom is 0.248 e. The van der Waals surface area contributed by atoms with Crippen molar-refractivity contribution in [1.82, 2.24) is 4.90 Å². The largest absolute Gasteiger partial charge is 0.372 e. The molecule has 0 aliphatic carbocycles. The molecule has 0 saturated heterocycles. The Labute approximate surface area is 90.7 Å². The maximum atomic E-state index is 11.0. The third-order valence-corrected chi connectivity index (χ3v) is 1.82. The van der Waals surface area contributed by atoms with Crippen molar-refractivity contribution in [3.05, 3.63) is 12.2 Å². The van der Waals surface area contributed by atoms with Crippen LogP contribution in [0.25, 0.3) is 0 Å². The van der Waals surface area contributed by atoms with E-state index in [1.807, 2.05) is 12.2 Å². The highest BCUT2D eigenvalue weighted by molar-refractivity contribution is 6.18. The molecule has 0 bridgehead atoms. The van der Waals surface area contributed by atoms with Crippen LogP contribution in [-0.4, -0.2) is 44.0 Å². The summed E-state index contributed by atoms with van der Waals surface area (Å²) in [6.45, 7) is 0.790. The van der Waals surface area contributed by atoms with Gasteiger partial charge in [0.1, 0.15) is 6.61 Å². The Hall–Kier alpha value is -0.540. The minimum Gasteiger partial charge on any atom is -0.372 e. The molecular formula is C10H18ClNO2. The van der Waals surface area contributed by atoms with Crippen LogP contribution in [0.15, 0.2) is 12.2 Å². The van der Waals surface area contributed by atoms with Crippen molar-refractivity contribution in [3.8, 4) is 0 Å². The summed E-state index contributed by atoms with van der Waals surface area (Å²) < 4.78 is 5.18. The first-order chi connectivity index (χ1) is 6.68. The standard InChI is InChI=1S/C10H18ClNO2/c1-12(2)10(13)9-14-8-6-4-3-5-7-11/h3,5H,4,6-9H2,1-2H3/b5-3+. The summed E-state index contributed by atoms with van der Waals surface area (Å²) in [6, 6.07) is 0. The van der Waals surface area contributed by atoms with Crippen LogP contribution >= 0.6 is 11.6 Å². The number of carbonyl (C=O) groups is 1. The molecule has 0 aliphatic heterocycles. The van der Waals surface area contributed by atoms with Gasteiger partial charge in [-0.3, -0.25) is 4.79 Å². The zero-order chi connectivity index (χ0) is 10.8. The van der Waals surface area contributed by atoms with Gasteiger partial charge in [-0.05, 0) is 12.8 Å². The predicted molar refractivity (Wildman–Crippen MR) is 58.6 cm³/mol. The summed E-state index contributed by atoms with van der Waals surface area (Å²) in [7, 11) is 3.43. The fourth-order valence-corrected chi connectivity index (χ4v) is 0.899. The number of halogens is 1. The molecule has 0 rings (SSSR count). The van der Waals surface area contributed by atoms with Gasteiger partial charge in [-0.15, -0.1) is 11.6 Å². The molecule has 0 N–H and O–H groups in total. The highest BCUT2D eigenvalue weighted by Crippen LogP contribution is 1.93. The van der Waals surface area contributed by atoms with Crippen LogP contribution in [0.4, 0.5) is 0 Å². The average molecular weight is 220 g/mol. The summed E-state index contributed by atoms with van der Waals surface area (Å²) in [5.41, 5.74) is 0. The summed E-state index contributed by atoms with van der Waals surface area (Å²) >= 11 is 5.45. The van der Waals surface area contributed by atoms with Gasteiger partial charge >= 0.3 is 0 Å². The van der Waals surface area contributed by atoms with Crippen molar-refractivity contribution in [2.75, 3.05) is 33.2 Å². The molecule has 0 spiro atoms. The van der Waals surface area contributed by atoms with Gasteiger partial charge in [-0.1, -0.05) is 12.2 Å². The van der Waals surface area contributed by atoms with Gasteiger partial charge in [0, 0.05) is 26.6 Å². The van der Waals surface area contributed by atoms with E-state index in [1.165, 1.54) is 4.90 Å². The molecule has 82 valence electrons. The number of likely N-dealkylation sites (N-methyl/N-ethyl adjacent to an activating group) is 1. The van der Waals surface area contributed by atoms with E-state index in [1.54, 1.807) is 14.1 Å². The van der Waals surface area contributed by atoms with Crippen molar-refractivity contribution < 1.29 is 9.53 Å². The van der Waals surface area contributed by atoms with Gasteiger partial charge in [0.05, 0.1) is 0 Å². The van der Waals surface area contributed by atoms with Gasteiger partial charge in [0.2, 0.25) is 5.91 Å². The van der Waals surface area contributed by atoms with Crippen LogP contribution in [0.5, 0.6) is 0 Å². The summed E-state index contributed by atoms with van der Waals surface area (Å²) in [4.78, 5) is 12.6. The summed E-state index contributed by atoms with van der Waals surface area (Å²) in [6.07, 6.45) is 5.80. The van der Waals surface area contributed by atoms with Crippen LogP contribution in [0.3, 0.4) is 0 Å². The minimum absolute atomic E-state index is 0.00120. The van der Waals surface area contributed by atoms with E-state index in [2.05, 4.69) is 0 Å². The number of ether oxygens (including phenoxy) is 1. The van der Waals surface area contributed by atoms with Crippen molar-refractivity contribution in [2.45, 2.75) is 12.8 Å². The van der Waals surface area contributed by atoms with Crippen LogP contribution in [-0.2, 0) is 9.53 Å². The van der Waals surface area contributed by atoms with Crippen LogP contribution in [0.1, 0.15) is 12.8 Å². The maximum absolute atomic E-state index is 11.0. The Balaban J connectivity index is 3.21. The Kier molecular flexibility index (Phi) is 8.68. The molecule has 3 nitrogen and oxygen atoms in total. The summed E-state index contributed by atoms with van der Waals surface area (Å²) in [5, 5.41) is 0. The third kappa shape index (κ3) is 8.08. The molecule has 0 aromatic heterocycles. The minimum atomic E-state index is 0.00120. The SMILES string of the molecule is CN(C)C(=O)COCCC/C=C/CCl. The monoisotopic (exact) mass is 219 g/mol. The number of amides is 1. The first kappa shape index (κ1) is 13.5. The zero-order valence-electron chi connectivity index (χ0n) is 8.83. The first-order valence-corrected chi connectivity index (χ1v) is 5.20. The van der Waals surface area contributed by atoms with Gasteiger partial charge in [0.15, 0.2) is 0 Å². The van der Waals surface area contributed by atoms with Crippen LogP contribution < -0.4 is 0 Å². The highest BCUT2D eigenvalue weighted by Gasteiger charge is 2.01. The predicted octanol–water partition coefficient (Wildman–Crippen LogP) is 1.67. The number of carbonyl (C=O) groups excluding carboxylic acids is 1. The number of hydrogen-bond donors (Lipinski definition) is 0. The van der Waals surface area contributed by atoms with Crippen LogP contribution in [0.2, 0.25) is 0 Å². The lowest BCUT2D eigenvalue weighted by Crippen LogP contribution is -2.26. The molecule has 0 fully saturated rings. The number of hydrogen-bond acceptors (Lipinski definition) is 2. The average Bonchev–Trinajstić information content (AvgIpc) is 2.16. The lowest BCUT2D eigenvalue weighted by atomic mass is 10.3. The zero-order valence-corrected chi connectivity index (χ0v) is 9.59. The van der Waals surface area contributed by atoms with E-state index in [4.69, 9.17) is 16.3 Å². The van der Waals surface area contributed by atoms with E-state index in [0.29, 0.717) is 12.5 Å². The second-order valence-electron chi connectivity index (χ2n) is 3.11. The van der Waals surface area contributed by atoms with Crippen molar-refractivity contribution in [1.29, 1.82) is 0 Å². The van der Waals surface area contributed by atoms with Crippen molar-refractivity contribution in [3.63, 3.8) is 0 Å². The molecule has 0 aliphatic rings. The Morgan fingerprint density at radius 3 is 2.71 bits per heavy atom. The molecule has 0 saturated carbocycles. The molecule has 0 heterocycles. The molecule has 1 amide bonds. The quantitative estimate of drug-likeness (QED) is 0.370. The molecule has 0 unspecified atom stereocenters. The van der Waals surface area contributed by atoms with Gasteiger partial charge < -0.3 is 9.64 Å². The first-order valence-electron chi connectivity index (χ1n) is 4.67. The Morgan fingerprint density at radius 2 is 2.14 bits per heavy atom. The van der Waals surface area contributed by atoms with E-state index in [-0.39, 0.29) is 12.5 Å². The fraction of sp³-hybridized carbons (Fsp3) is 0.700. The van der Waals surface area contributed by atoms with E-state index in [9.17, 15) is 4.79 Å². The molecule has 14 heavy (non-hydrogen) atoms. The third-order valence-electron chi connectivity index (χ3n) is 1.64. The lowest BCUT2D eigenvalue weighted by molar-refractivity contribution is -0.133. The number of unbranched alkanes of at least 4 members (excludes halogenated alkanes) is 1. The van der Waals surface area contributed by atoms with E-state index < -0.39 is 0 Å². The molecular weight excluding hydrogens is 202 g/mol. The van der Waals surface area contributed by atoms with Crippen molar-refractivity contribution >= 4 is 17.5 Å². The molecule has 4 heteroatoms. The van der Waals surface area contributed by atoms with Crippen LogP contribution in [0, 0.1) is 0 Å². The molecule has 0 aromatic carbocycles. The van der Waals surface area contributed by atoms with Gasteiger partial charge in [0.25, 0.3) is 0 Å². The fourth-order valence-electron chi connectivity index (χ4n) is 0.773.